The Balaban J connectivity index is 2.56. The van der Waals surface area contributed by atoms with Gasteiger partial charge in [0.05, 0.1) is 5.69 Å². The fraction of sp³-hybridized carbons (Fsp3) is 0.0909. The lowest BCUT2D eigenvalue weighted by Gasteiger charge is -2.06. The first-order chi connectivity index (χ1) is 7.99. The van der Waals surface area contributed by atoms with Gasteiger partial charge in [0.1, 0.15) is 0 Å². The van der Waals surface area contributed by atoms with Gasteiger partial charge in [-0.1, -0.05) is 11.6 Å². The van der Waals surface area contributed by atoms with Crippen LogP contribution in [0.5, 0.6) is 0 Å². The third kappa shape index (κ3) is 2.44. The number of carboxylic acids is 1. The smallest absolute Gasteiger partial charge is 0.356 e. The molecule has 0 saturated carbocycles. The average molecular weight is 363 g/mol. The van der Waals surface area contributed by atoms with Crippen molar-refractivity contribution in [2.24, 2.45) is 0 Å². The number of rotatable bonds is 2. The standard InChI is InChI=1S/C11H8ClIN2O2/c1-6-4-9(11(16)17)14-15(6)10-3-2-7(12)5-8(10)13/h2-5H,1H3,(H,16,17). The lowest BCUT2D eigenvalue weighted by Crippen LogP contribution is -2.03. The zero-order valence-corrected chi connectivity index (χ0v) is 11.7. The molecule has 0 saturated heterocycles. The Kier molecular flexibility index (Phi) is 3.39. The van der Waals surface area contributed by atoms with Crippen LogP contribution in [0.3, 0.4) is 0 Å². The topological polar surface area (TPSA) is 55.1 Å². The second kappa shape index (κ2) is 4.66. The second-order valence-corrected chi connectivity index (χ2v) is 5.08. The van der Waals surface area contributed by atoms with Crippen LogP contribution in [0.4, 0.5) is 0 Å². The first-order valence-electron chi connectivity index (χ1n) is 4.74. The number of aromatic nitrogens is 2. The average Bonchev–Trinajstić information content (AvgIpc) is 2.61. The SMILES string of the molecule is Cc1cc(C(=O)O)nn1-c1ccc(Cl)cc1I. The van der Waals surface area contributed by atoms with Gasteiger partial charge in [0.25, 0.3) is 0 Å². The molecule has 1 heterocycles. The fourth-order valence-electron chi connectivity index (χ4n) is 1.48. The highest BCUT2D eigenvalue weighted by molar-refractivity contribution is 14.1. The third-order valence-corrected chi connectivity index (χ3v) is 3.34. The minimum Gasteiger partial charge on any atom is -0.476 e. The van der Waals surface area contributed by atoms with Crippen molar-refractivity contribution < 1.29 is 9.90 Å². The lowest BCUT2D eigenvalue weighted by molar-refractivity contribution is 0.0690. The van der Waals surface area contributed by atoms with Crippen molar-refractivity contribution in [1.82, 2.24) is 9.78 Å². The van der Waals surface area contributed by atoms with Gasteiger partial charge < -0.3 is 5.11 Å². The van der Waals surface area contributed by atoms with Crippen LogP contribution < -0.4 is 0 Å². The summed E-state index contributed by atoms with van der Waals surface area (Å²) in [6.07, 6.45) is 0. The molecule has 0 aliphatic heterocycles. The summed E-state index contributed by atoms with van der Waals surface area (Å²) in [5.74, 6) is -1.03. The van der Waals surface area contributed by atoms with Crippen molar-refractivity contribution in [3.05, 3.63) is 44.2 Å². The molecule has 4 nitrogen and oxygen atoms in total. The molecular weight excluding hydrogens is 354 g/mol. The van der Waals surface area contributed by atoms with Gasteiger partial charge in [0.2, 0.25) is 0 Å². The molecule has 0 bridgehead atoms. The fourth-order valence-corrected chi connectivity index (χ4v) is 2.58. The van der Waals surface area contributed by atoms with E-state index in [4.69, 9.17) is 16.7 Å². The third-order valence-electron chi connectivity index (χ3n) is 2.24. The van der Waals surface area contributed by atoms with E-state index in [1.807, 2.05) is 13.0 Å². The summed E-state index contributed by atoms with van der Waals surface area (Å²) >= 11 is 8.01. The molecule has 0 unspecified atom stereocenters. The number of benzene rings is 1. The van der Waals surface area contributed by atoms with Gasteiger partial charge in [0, 0.05) is 14.3 Å². The van der Waals surface area contributed by atoms with E-state index < -0.39 is 5.97 Å². The van der Waals surface area contributed by atoms with E-state index in [0.29, 0.717) is 5.02 Å². The van der Waals surface area contributed by atoms with Gasteiger partial charge in [-0.25, -0.2) is 9.48 Å². The number of aromatic carboxylic acids is 1. The number of hydrogen-bond acceptors (Lipinski definition) is 2. The van der Waals surface area contributed by atoms with Gasteiger partial charge in [-0.2, -0.15) is 5.10 Å². The Morgan fingerprint density at radius 3 is 2.71 bits per heavy atom. The van der Waals surface area contributed by atoms with E-state index in [1.165, 1.54) is 6.07 Å². The minimum absolute atomic E-state index is 0.0354. The zero-order chi connectivity index (χ0) is 12.6. The Morgan fingerprint density at radius 1 is 1.47 bits per heavy atom. The maximum Gasteiger partial charge on any atom is 0.356 e. The molecule has 6 heteroatoms. The largest absolute Gasteiger partial charge is 0.476 e. The quantitative estimate of drug-likeness (QED) is 0.835. The van der Waals surface area contributed by atoms with E-state index in [0.717, 1.165) is 15.0 Å². The highest BCUT2D eigenvalue weighted by Crippen LogP contribution is 2.22. The number of carbonyl (C=O) groups is 1. The molecule has 0 fully saturated rings. The van der Waals surface area contributed by atoms with Crippen LogP contribution in [0.15, 0.2) is 24.3 Å². The summed E-state index contributed by atoms with van der Waals surface area (Å²) in [4.78, 5) is 10.8. The molecule has 1 N–H and O–H groups in total. The normalized spacial score (nSPS) is 10.5. The predicted molar refractivity (Wildman–Crippen MR) is 73.0 cm³/mol. The minimum atomic E-state index is -1.03. The Labute approximate surface area is 116 Å². The van der Waals surface area contributed by atoms with Gasteiger partial charge in [0.15, 0.2) is 5.69 Å². The van der Waals surface area contributed by atoms with Crippen LogP contribution in [0.1, 0.15) is 16.2 Å². The molecule has 17 heavy (non-hydrogen) atoms. The second-order valence-electron chi connectivity index (χ2n) is 3.48. The molecule has 0 atom stereocenters. The number of nitrogens with zero attached hydrogens (tertiary/aromatic N) is 2. The predicted octanol–water partition coefficient (Wildman–Crippen LogP) is 3.14. The first kappa shape index (κ1) is 12.4. The van der Waals surface area contributed by atoms with E-state index in [1.54, 1.807) is 16.8 Å². The molecular formula is C11H8ClIN2O2. The zero-order valence-electron chi connectivity index (χ0n) is 8.82. The molecule has 1 aromatic carbocycles. The van der Waals surface area contributed by atoms with Crippen molar-refractivity contribution in [1.29, 1.82) is 0 Å². The number of halogens is 2. The highest BCUT2D eigenvalue weighted by atomic mass is 127. The summed E-state index contributed by atoms with van der Waals surface area (Å²) < 4.78 is 2.51. The van der Waals surface area contributed by atoms with Gasteiger partial charge in [-0.3, -0.25) is 0 Å². The molecule has 0 amide bonds. The van der Waals surface area contributed by atoms with E-state index >= 15 is 0 Å². The van der Waals surface area contributed by atoms with Crippen molar-refractivity contribution in [3.8, 4) is 5.69 Å². The van der Waals surface area contributed by atoms with E-state index in [2.05, 4.69) is 27.7 Å². The van der Waals surface area contributed by atoms with Crippen molar-refractivity contribution >= 4 is 40.2 Å². The Hall–Kier alpha value is -1.08. The number of aryl methyl sites for hydroxylation is 1. The molecule has 0 radical (unpaired) electrons. The van der Waals surface area contributed by atoms with Crippen molar-refractivity contribution in [2.45, 2.75) is 6.92 Å². The van der Waals surface area contributed by atoms with Crippen LogP contribution in [0.2, 0.25) is 5.02 Å². The van der Waals surface area contributed by atoms with Crippen LogP contribution >= 0.6 is 34.2 Å². The van der Waals surface area contributed by atoms with E-state index in [-0.39, 0.29) is 5.69 Å². The van der Waals surface area contributed by atoms with E-state index in [9.17, 15) is 4.79 Å². The summed E-state index contributed by atoms with van der Waals surface area (Å²) in [5, 5.41) is 13.6. The van der Waals surface area contributed by atoms with Crippen LogP contribution in [0.25, 0.3) is 5.69 Å². The molecule has 0 aliphatic carbocycles. The molecule has 2 rings (SSSR count). The summed E-state index contributed by atoms with van der Waals surface area (Å²) in [7, 11) is 0. The molecule has 2 aromatic rings. The maximum atomic E-state index is 10.8. The first-order valence-corrected chi connectivity index (χ1v) is 6.20. The maximum absolute atomic E-state index is 10.8. The van der Waals surface area contributed by atoms with Crippen LogP contribution in [-0.2, 0) is 0 Å². The Morgan fingerprint density at radius 2 is 2.18 bits per heavy atom. The van der Waals surface area contributed by atoms with Gasteiger partial charge in [-0.15, -0.1) is 0 Å². The summed E-state index contributed by atoms with van der Waals surface area (Å²) in [5.41, 5.74) is 1.62. The van der Waals surface area contributed by atoms with Crippen molar-refractivity contribution in [2.75, 3.05) is 0 Å². The molecule has 0 spiro atoms. The van der Waals surface area contributed by atoms with Crippen LogP contribution in [0, 0.1) is 10.5 Å². The monoisotopic (exact) mass is 362 g/mol. The molecule has 88 valence electrons. The van der Waals surface area contributed by atoms with Gasteiger partial charge in [-0.05, 0) is 53.8 Å². The Bertz CT molecular complexity index is 595. The molecule has 1 aromatic heterocycles. The van der Waals surface area contributed by atoms with Crippen molar-refractivity contribution in [3.63, 3.8) is 0 Å². The molecule has 0 aliphatic rings. The van der Waals surface area contributed by atoms with Gasteiger partial charge >= 0.3 is 5.97 Å². The lowest BCUT2D eigenvalue weighted by atomic mass is 10.3. The number of carboxylic acid groups (broad SMARTS) is 1. The van der Waals surface area contributed by atoms with Crippen LogP contribution in [-0.4, -0.2) is 20.9 Å². The summed E-state index contributed by atoms with van der Waals surface area (Å²) in [6, 6.07) is 6.91. The summed E-state index contributed by atoms with van der Waals surface area (Å²) in [6.45, 7) is 1.81. The number of hydrogen-bond donors (Lipinski definition) is 1. The highest BCUT2D eigenvalue weighted by Gasteiger charge is 2.13.